The van der Waals surface area contributed by atoms with Crippen LogP contribution in [-0.4, -0.2) is 41.6 Å². The molecular weight excluding hydrogens is 352 g/mol. The maximum atomic E-state index is 12.0. The number of anilines is 1. The van der Waals surface area contributed by atoms with E-state index in [1.807, 2.05) is 50.4 Å². The van der Waals surface area contributed by atoms with E-state index in [9.17, 15) is 4.79 Å². The Labute approximate surface area is 166 Å². The normalized spacial score (nSPS) is 20.1. The molecule has 1 aromatic heterocycles. The summed E-state index contributed by atoms with van der Waals surface area (Å²) >= 11 is 0. The van der Waals surface area contributed by atoms with Gasteiger partial charge in [-0.15, -0.1) is 0 Å². The maximum Gasteiger partial charge on any atom is 0.227 e. The van der Waals surface area contributed by atoms with Crippen molar-refractivity contribution in [3.05, 3.63) is 47.9 Å². The Morgan fingerprint density at radius 2 is 2.04 bits per heavy atom. The second-order valence-corrected chi connectivity index (χ2v) is 7.71. The zero-order valence-corrected chi connectivity index (χ0v) is 16.6. The maximum absolute atomic E-state index is 12.0. The van der Waals surface area contributed by atoms with Crippen molar-refractivity contribution in [2.45, 2.75) is 51.0 Å². The van der Waals surface area contributed by atoms with Crippen LogP contribution in [-0.2, 0) is 4.79 Å². The molecule has 1 saturated carbocycles. The van der Waals surface area contributed by atoms with Crippen LogP contribution in [0.25, 0.3) is 0 Å². The Morgan fingerprint density at radius 1 is 1.25 bits per heavy atom. The zero-order chi connectivity index (χ0) is 19.5. The molecule has 148 valence electrons. The van der Waals surface area contributed by atoms with Crippen molar-refractivity contribution in [1.82, 2.24) is 15.3 Å². The van der Waals surface area contributed by atoms with Crippen LogP contribution in [0.2, 0.25) is 0 Å². The molecule has 2 fully saturated rings. The Kier molecular flexibility index (Phi) is 5.46. The van der Waals surface area contributed by atoms with Crippen LogP contribution in [0.15, 0.2) is 36.5 Å². The van der Waals surface area contributed by atoms with Crippen molar-refractivity contribution in [2.24, 2.45) is 0 Å². The summed E-state index contributed by atoms with van der Waals surface area (Å²) in [6, 6.07) is 9.88. The number of rotatable bonds is 7. The van der Waals surface area contributed by atoms with E-state index < -0.39 is 0 Å². The molecule has 1 aliphatic carbocycles. The van der Waals surface area contributed by atoms with Crippen LogP contribution in [0.5, 0.6) is 5.75 Å². The summed E-state index contributed by atoms with van der Waals surface area (Å²) in [6.45, 7) is 6.28. The van der Waals surface area contributed by atoms with E-state index in [4.69, 9.17) is 9.72 Å². The number of nitrogens with zero attached hydrogens (tertiary/aromatic N) is 3. The van der Waals surface area contributed by atoms with E-state index in [0.717, 1.165) is 42.5 Å². The van der Waals surface area contributed by atoms with Gasteiger partial charge in [0.2, 0.25) is 5.91 Å². The minimum absolute atomic E-state index is 0.0537. The molecule has 2 unspecified atom stereocenters. The van der Waals surface area contributed by atoms with Crippen LogP contribution in [0, 0.1) is 0 Å². The number of likely N-dealkylation sites (N-methyl/N-ethyl adjacent to an activating group) is 1. The number of amides is 1. The van der Waals surface area contributed by atoms with Crippen molar-refractivity contribution in [3.8, 4) is 5.75 Å². The molecule has 4 rings (SSSR count). The van der Waals surface area contributed by atoms with Gasteiger partial charge in [-0.2, -0.15) is 0 Å². The molecule has 28 heavy (non-hydrogen) atoms. The number of aromatic nitrogens is 2. The number of hydrogen-bond acceptors (Lipinski definition) is 5. The molecule has 2 atom stereocenters. The minimum Gasteiger partial charge on any atom is -0.489 e. The summed E-state index contributed by atoms with van der Waals surface area (Å²) in [5.74, 6) is 3.30. The van der Waals surface area contributed by atoms with Crippen LogP contribution < -0.4 is 15.0 Å². The number of nitrogens with one attached hydrogen (secondary N) is 1. The Bertz CT molecular complexity index is 820. The predicted octanol–water partition coefficient (Wildman–Crippen LogP) is 3.25. The lowest BCUT2D eigenvalue weighted by Gasteiger charge is -2.19. The van der Waals surface area contributed by atoms with Crippen molar-refractivity contribution in [2.75, 3.05) is 24.5 Å². The van der Waals surface area contributed by atoms with Gasteiger partial charge in [-0.05, 0) is 50.5 Å². The monoisotopic (exact) mass is 380 g/mol. The van der Waals surface area contributed by atoms with Crippen LogP contribution in [0.4, 0.5) is 5.82 Å². The summed E-state index contributed by atoms with van der Waals surface area (Å²) in [5.41, 5.74) is 1.000. The lowest BCUT2D eigenvalue weighted by atomic mass is 10.0. The lowest BCUT2D eigenvalue weighted by molar-refractivity contribution is -0.122. The molecule has 0 spiro atoms. The first-order valence-electron chi connectivity index (χ1n) is 10.3. The van der Waals surface area contributed by atoms with Crippen molar-refractivity contribution in [1.29, 1.82) is 0 Å². The molecule has 0 radical (unpaired) electrons. The van der Waals surface area contributed by atoms with Gasteiger partial charge in [-0.25, -0.2) is 9.97 Å². The van der Waals surface area contributed by atoms with Gasteiger partial charge < -0.3 is 15.0 Å². The quantitative estimate of drug-likeness (QED) is 0.799. The molecule has 0 bridgehead atoms. The van der Waals surface area contributed by atoms with Gasteiger partial charge in [-0.3, -0.25) is 4.79 Å². The predicted molar refractivity (Wildman–Crippen MR) is 109 cm³/mol. The van der Waals surface area contributed by atoms with Crippen LogP contribution in [0.3, 0.4) is 0 Å². The van der Waals surface area contributed by atoms with Crippen LogP contribution in [0.1, 0.15) is 56.3 Å². The Hall–Kier alpha value is -2.63. The molecule has 2 heterocycles. The van der Waals surface area contributed by atoms with Gasteiger partial charge in [0.15, 0.2) is 0 Å². The van der Waals surface area contributed by atoms with Crippen molar-refractivity contribution >= 4 is 11.7 Å². The van der Waals surface area contributed by atoms with Crippen LogP contribution >= 0.6 is 0 Å². The van der Waals surface area contributed by atoms with E-state index >= 15 is 0 Å². The highest BCUT2D eigenvalue weighted by atomic mass is 16.5. The minimum atomic E-state index is -0.158. The number of ether oxygens (including phenoxy) is 1. The van der Waals surface area contributed by atoms with Crippen molar-refractivity contribution in [3.63, 3.8) is 0 Å². The van der Waals surface area contributed by atoms with Gasteiger partial charge in [0.25, 0.3) is 0 Å². The summed E-state index contributed by atoms with van der Waals surface area (Å²) in [7, 11) is 0. The van der Waals surface area contributed by atoms with E-state index in [-0.39, 0.29) is 17.9 Å². The van der Waals surface area contributed by atoms with E-state index in [1.54, 1.807) is 0 Å². The number of carbonyl (C=O) groups is 1. The molecule has 1 amide bonds. The molecule has 1 N–H and O–H groups in total. The SMILES string of the molecule is CCNC(=O)C(C)c1ccc(OC2CCN(c3ccnc(C4CC4)n3)C2)cc1. The molecule has 2 aliphatic rings. The number of benzene rings is 1. The van der Waals surface area contributed by atoms with E-state index in [1.165, 1.54) is 12.8 Å². The van der Waals surface area contributed by atoms with Gasteiger partial charge in [-0.1, -0.05) is 12.1 Å². The number of hydrogen-bond donors (Lipinski definition) is 1. The van der Waals surface area contributed by atoms with Gasteiger partial charge >= 0.3 is 0 Å². The molecule has 1 saturated heterocycles. The first kappa shape index (κ1) is 18.7. The second-order valence-electron chi connectivity index (χ2n) is 7.71. The topological polar surface area (TPSA) is 67.3 Å². The fraction of sp³-hybridized carbons (Fsp3) is 0.500. The lowest BCUT2D eigenvalue weighted by Crippen LogP contribution is -2.27. The highest BCUT2D eigenvalue weighted by Gasteiger charge is 2.29. The van der Waals surface area contributed by atoms with E-state index in [2.05, 4.69) is 15.2 Å². The Balaban J connectivity index is 1.34. The molecule has 2 aromatic rings. The summed E-state index contributed by atoms with van der Waals surface area (Å²) in [5, 5.41) is 2.87. The van der Waals surface area contributed by atoms with Gasteiger partial charge in [0.1, 0.15) is 23.5 Å². The van der Waals surface area contributed by atoms with E-state index in [0.29, 0.717) is 12.5 Å². The highest BCUT2D eigenvalue weighted by molar-refractivity contribution is 5.83. The highest BCUT2D eigenvalue weighted by Crippen LogP contribution is 2.38. The Morgan fingerprint density at radius 3 is 2.75 bits per heavy atom. The fourth-order valence-electron chi connectivity index (χ4n) is 3.62. The largest absolute Gasteiger partial charge is 0.489 e. The average molecular weight is 380 g/mol. The third-order valence-electron chi connectivity index (χ3n) is 5.50. The third kappa shape index (κ3) is 4.26. The molecule has 1 aromatic carbocycles. The first-order valence-corrected chi connectivity index (χ1v) is 10.3. The second kappa shape index (κ2) is 8.17. The smallest absolute Gasteiger partial charge is 0.227 e. The van der Waals surface area contributed by atoms with Crippen molar-refractivity contribution < 1.29 is 9.53 Å². The standard InChI is InChI=1S/C22H28N4O2/c1-3-23-22(27)15(2)16-6-8-18(9-7-16)28-19-11-13-26(14-19)20-10-12-24-21(25-20)17-4-5-17/h6-10,12,15,17,19H,3-5,11,13-14H2,1-2H3,(H,23,27). The summed E-state index contributed by atoms with van der Waals surface area (Å²) in [4.78, 5) is 23.4. The molecule has 6 nitrogen and oxygen atoms in total. The summed E-state index contributed by atoms with van der Waals surface area (Å²) < 4.78 is 6.17. The van der Waals surface area contributed by atoms with Gasteiger partial charge in [0.05, 0.1) is 12.5 Å². The number of carbonyl (C=O) groups excluding carboxylic acids is 1. The average Bonchev–Trinajstić information content (AvgIpc) is 3.47. The molecular formula is C22H28N4O2. The third-order valence-corrected chi connectivity index (χ3v) is 5.50. The molecule has 6 heteroatoms. The summed E-state index contributed by atoms with van der Waals surface area (Å²) in [6.07, 6.45) is 5.41. The fourth-order valence-corrected chi connectivity index (χ4v) is 3.62. The first-order chi connectivity index (χ1) is 13.6. The zero-order valence-electron chi connectivity index (χ0n) is 16.6. The molecule has 1 aliphatic heterocycles. The van der Waals surface area contributed by atoms with Gasteiger partial charge in [0, 0.05) is 31.6 Å².